The Bertz CT molecular complexity index is 422. The SMILES string of the molecule is Cn1ncnc1-c1cccc(Br)c1. The van der Waals surface area contributed by atoms with Gasteiger partial charge < -0.3 is 0 Å². The highest BCUT2D eigenvalue weighted by molar-refractivity contribution is 9.10. The first-order valence-corrected chi connectivity index (χ1v) is 4.66. The quantitative estimate of drug-likeness (QED) is 0.762. The van der Waals surface area contributed by atoms with Crippen LogP contribution in [0.15, 0.2) is 35.1 Å². The number of benzene rings is 1. The van der Waals surface area contributed by atoms with Crippen molar-refractivity contribution in [2.24, 2.45) is 7.05 Å². The molecule has 0 N–H and O–H groups in total. The van der Waals surface area contributed by atoms with E-state index in [1.165, 1.54) is 0 Å². The molecular weight excluding hydrogens is 230 g/mol. The number of rotatable bonds is 1. The van der Waals surface area contributed by atoms with E-state index in [-0.39, 0.29) is 0 Å². The Balaban J connectivity index is 2.53. The minimum Gasteiger partial charge on any atom is -0.249 e. The highest BCUT2D eigenvalue weighted by Gasteiger charge is 2.03. The summed E-state index contributed by atoms with van der Waals surface area (Å²) in [6.07, 6.45) is 1.55. The molecular formula is C9H8BrN3. The number of halogens is 1. The molecule has 0 spiro atoms. The third-order valence-electron chi connectivity index (χ3n) is 1.79. The predicted octanol–water partition coefficient (Wildman–Crippen LogP) is 2.24. The zero-order chi connectivity index (χ0) is 9.26. The molecule has 0 amide bonds. The third kappa shape index (κ3) is 1.62. The van der Waals surface area contributed by atoms with Gasteiger partial charge in [0.25, 0.3) is 0 Å². The van der Waals surface area contributed by atoms with Gasteiger partial charge in [-0.05, 0) is 12.1 Å². The first-order valence-electron chi connectivity index (χ1n) is 3.87. The lowest BCUT2D eigenvalue weighted by Gasteiger charge is -1.99. The van der Waals surface area contributed by atoms with Gasteiger partial charge in [0, 0.05) is 17.1 Å². The highest BCUT2D eigenvalue weighted by Crippen LogP contribution is 2.19. The Kier molecular flexibility index (Phi) is 2.14. The average molecular weight is 238 g/mol. The van der Waals surface area contributed by atoms with E-state index in [9.17, 15) is 0 Å². The smallest absolute Gasteiger partial charge is 0.157 e. The van der Waals surface area contributed by atoms with Gasteiger partial charge in [-0.3, -0.25) is 0 Å². The Morgan fingerprint density at radius 2 is 2.23 bits per heavy atom. The van der Waals surface area contributed by atoms with E-state index < -0.39 is 0 Å². The monoisotopic (exact) mass is 237 g/mol. The topological polar surface area (TPSA) is 30.7 Å². The van der Waals surface area contributed by atoms with E-state index in [4.69, 9.17) is 0 Å². The van der Waals surface area contributed by atoms with Gasteiger partial charge in [-0.15, -0.1) is 0 Å². The summed E-state index contributed by atoms with van der Waals surface area (Å²) in [6.45, 7) is 0. The summed E-state index contributed by atoms with van der Waals surface area (Å²) in [7, 11) is 1.88. The first kappa shape index (κ1) is 8.44. The van der Waals surface area contributed by atoms with Crippen molar-refractivity contribution in [3.8, 4) is 11.4 Å². The van der Waals surface area contributed by atoms with Crippen molar-refractivity contribution in [2.75, 3.05) is 0 Å². The normalized spacial score (nSPS) is 10.3. The minimum absolute atomic E-state index is 0.876. The molecule has 0 aliphatic rings. The molecule has 2 aromatic rings. The average Bonchev–Trinajstić information content (AvgIpc) is 2.51. The van der Waals surface area contributed by atoms with Gasteiger partial charge in [0.2, 0.25) is 0 Å². The molecule has 0 atom stereocenters. The van der Waals surface area contributed by atoms with E-state index in [0.29, 0.717) is 0 Å². The summed E-state index contributed by atoms with van der Waals surface area (Å²) in [5.74, 6) is 0.876. The molecule has 13 heavy (non-hydrogen) atoms. The molecule has 66 valence electrons. The summed E-state index contributed by atoms with van der Waals surface area (Å²) in [5.41, 5.74) is 1.06. The Hall–Kier alpha value is -1.16. The molecule has 3 nitrogen and oxygen atoms in total. The first-order chi connectivity index (χ1) is 6.27. The van der Waals surface area contributed by atoms with Crippen LogP contribution in [0.5, 0.6) is 0 Å². The van der Waals surface area contributed by atoms with Crippen LogP contribution in [0.2, 0.25) is 0 Å². The van der Waals surface area contributed by atoms with Crippen molar-refractivity contribution in [3.05, 3.63) is 35.1 Å². The maximum Gasteiger partial charge on any atom is 0.157 e. The summed E-state index contributed by atoms with van der Waals surface area (Å²) < 4.78 is 2.80. The molecule has 1 aromatic carbocycles. The van der Waals surface area contributed by atoms with Gasteiger partial charge in [0.15, 0.2) is 5.82 Å². The fraction of sp³-hybridized carbons (Fsp3) is 0.111. The lowest BCUT2D eigenvalue weighted by atomic mass is 10.2. The van der Waals surface area contributed by atoms with Crippen LogP contribution >= 0.6 is 15.9 Å². The maximum atomic E-state index is 4.16. The van der Waals surface area contributed by atoms with E-state index in [1.807, 2.05) is 31.3 Å². The van der Waals surface area contributed by atoms with E-state index in [2.05, 4.69) is 26.0 Å². The van der Waals surface area contributed by atoms with Gasteiger partial charge in [-0.25, -0.2) is 9.67 Å². The number of aromatic nitrogens is 3. The van der Waals surface area contributed by atoms with Crippen molar-refractivity contribution in [1.82, 2.24) is 14.8 Å². The fourth-order valence-electron chi connectivity index (χ4n) is 1.19. The van der Waals surface area contributed by atoms with Gasteiger partial charge in [0.1, 0.15) is 6.33 Å². The summed E-state index contributed by atoms with van der Waals surface area (Å²) in [4.78, 5) is 4.16. The Morgan fingerprint density at radius 3 is 2.85 bits per heavy atom. The van der Waals surface area contributed by atoms with Crippen molar-refractivity contribution in [1.29, 1.82) is 0 Å². The van der Waals surface area contributed by atoms with Gasteiger partial charge in [-0.1, -0.05) is 28.1 Å². The number of hydrogen-bond acceptors (Lipinski definition) is 2. The van der Waals surface area contributed by atoms with E-state index in [1.54, 1.807) is 11.0 Å². The lowest BCUT2D eigenvalue weighted by molar-refractivity contribution is 0.774. The Labute approximate surface area is 84.5 Å². The molecule has 1 aromatic heterocycles. The van der Waals surface area contributed by atoms with Crippen LogP contribution in [-0.2, 0) is 7.05 Å². The third-order valence-corrected chi connectivity index (χ3v) is 2.29. The van der Waals surface area contributed by atoms with Crippen LogP contribution in [0.1, 0.15) is 0 Å². The second-order valence-corrected chi connectivity index (χ2v) is 3.63. The number of nitrogens with zero attached hydrogens (tertiary/aromatic N) is 3. The molecule has 2 rings (SSSR count). The number of hydrogen-bond donors (Lipinski definition) is 0. The van der Waals surface area contributed by atoms with Crippen molar-refractivity contribution >= 4 is 15.9 Å². The molecule has 0 unspecified atom stereocenters. The van der Waals surface area contributed by atoms with Crippen molar-refractivity contribution in [3.63, 3.8) is 0 Å². The summed E-state index contributed by atoms with van der Waals surface area (Å²) in [6, 6.07) is 7.99. The molecule has 0 saturated carbocycles. The van der Waals surface area contributed by atoms with Crippen LogP contribution in [-0.4, -0.2) is 14.8 Å². The maximum absolute atomic E-state index is 4.16. The second-order valence-electron chi connectivity index (χ2n) is 2.72. The number of aryl methyl sites for hydroxylation is 1. The van der Waals surface area contributed by atoms with Crippen LogP contribution in [0.3, 0.4) is 0 Å². The highest BCUT2D eigenvalue weighted by atomic mass is 79.9. The standard InChI is InChI=1S/C9H8BrN3/c1-13-9(11-6-12-13)7-3-2-4-8(10)5-7/h2-6H,1H3. The van der Waals surface area contributed by atoms with Crippen molar-refractivity contribution in [2.45, 2.75) is 0 Å². The minimum atomic E-state index is 0.876. The van der Waals surface area contributed by atoms with Crippen LogP contribution < -0.4 is 0 Å². The summed E-state index contributed by atoms with van der Waals surface area (Å²) in [5, 5.41) is 4.01. The molecule has 1 heterocycles. The lowest BCUT2D eigenvalue weighted by Crippen LogP contribution is -1.93. The second kappa shape index (κ2) is 3.30. The largest absolute Gasteiger partial charge is 0.249 e. The molecule has 0 aliphatic heterocycles. The van der Waals surface area contributed by atoms with Crippen LogP contribution in [0, 0.1) is 0 Å². The molecule has 0 bridgehead atoms. The molecule has 4 heteroatoms. The van der Waals surface area contributed by atoms with Gasteiger partial charge in [0.05, 0.1) is 0 Å². The van der Waals surface area contributed by atoms with Crippen LogP contribution in [0.25, 0.3) is 11.4 Å². The molecule has 0 fully saturated rings. The fourth-order valence-corrected chi connectivity index (χ4v) is 1.58. The molecule has 0 aliphatic carbocycles. The van der Waals surface area contributed by atoms with Crippen molar-refractivity contribution < 1.29 is 0 Å². The Morgan fingerprint density at radius 1 is 1.38 bits per heavy atom. The van der Waals surface area contributed by atoms with Crippen LogP contribution in [0.4, 0.5) is 0 Å². The zero-order valence-corrected chi connectivity index (χ0v) is 8.69. The van der Waals surface area contributed by atoms with E-state index in [0.717, 1.165) is 15.9 Å². The zero-order valence-electron chi connectivity index (χ0n) is 7.11. The van der Waals surface area contributed by atoms with Gasteiger partial charge >= 0.3 is 0 Å². The van der Waals surface area contributed by atoms with E-state index >= 15 is 0 Å². The predicted molar refractivity (Wildman–Crippen MR) is 54.1 cm³/mol. The molecule has 0 radical (unpaired) electrons. The molecule has 0 saturated heterocycles. The van der Waals surface area contributed by atoms with Gasteiger partial charge in [-0.2, -0.15) is 5.10 Å². The summed E-state index contributed by atoms with van der Waals surface area (Å²) >= 11 is 3.41.